The van der Waals surface area contributed by atoms with E-state index in [4.69, 9.17) is 5.73 Å². The first kappa shape index (κ1) is 18.6. The van der Waals surface area contributed by atoms with Crippen LogP contribution in [0.15, 0.2) is 54.7 Å². The van der Waals surface area contributed by atoms with Gasteiger partial charge in [-0.3, -0.25) is 14.5 Å². The molecule has 1 amide bonds. The van der Waals surface area contributed by atoms with E-state index < -0.39 is 5.82 Å². The minimum atomic E-state index is -0.451. The fourth-order valence-electron chi connectivity index (χ4n) is 3.20. The van der Waals surface area contributed by atoms with Gasteiger partial charge in [0.15, 0.2) is 0 Å². The van der Waals surface area contributed by atoms with Crippen LogP contribution in [0.4, 0.5) is 15.8 Å². The molecule has 4 aromatic rings. The number of nitrogens with two attached hydrogens (primary N) is 1. The first-order chi connectivity index (χ1) is 13.9. The number of aryl methyl sites for hydroxylation is 2. The van der Waals surface area contributed by atoms with E-state index in [9.17, 15) is 9.18 Å². The Hall–Kier alpha value is -3.74. The maximum Gasteiger partial charge on any atom is 0.255 e. The van der Waals surface area contributed by atoms with Crippen LogP contribution in [0.1, 0.15) is 27.3 Å². The monoisotopic (exact) mass is 389 g/mol. The molecule has 3 N–H and O–H groups in total. The zero-order valence-electron chi connectivity index (χ0n) is 16.1. The number of amides is 1. The first-order valence-electron chi connectivity index (χ1n) is 9.16. The number of hydrogen-bond donors (Lipinski definition) is 2. The third kappa shape index (κ3) is 3.94. The van der Waals surface area contributed by atoms with Crippen molar-refractivity contribution in [2.24, 2.45) is 0 Å². The normalized spacial score (nSPS) is 11.0. The SMILES string of the molecule is Cc1ccc(Cn2cc3cc(C(=O)Nc4ccc(F)cc4N)ccc3n2)c(C)n1. The van der Waals surface area contributed by atoms with E-state index in [1.807, 2.05) is 30.8 Å². The third-order valence-corrected chi connectivity index (χ3v) is 4.74. The zero-order valence-corrected chi connectivity index (χ0v) is 16.1. The molecule has 146 valence electrons. The van der Waals surface area contributed by atoms with Crippen LogP contribution in [0.5, 0.6) is 0 Å². The molecule has 0 aliphatic rings. The van der Waals surface area contributed by atoms with Crippen molar-refractivity contribution in [2.45, 2.75) is 20.4 Å². The van der Waals surface area contributed by atoms with E-state index in [0.29, 0.717) is 17.8 Å². The molecule has 0 atom stereocenters. The van der Waals surface area contributed by atoms with Gasteiger partial charge in [-0.1, -0.05) is 6.07 Å². The molecule has 0 fully saturated rings. The van der Waals surface area contributed by atoms with Crippen LogP contribution >= 0.6 is 0 Å². The molecule has 0 saturated carbocycles. The molecule has 4 rings (SSSR count). The summed E-state index contributed by atoms with van der Waals surface area (Å²) in [6.07, 6.45) is 1.90. The number of nitrogen functional groups attached to an aromatic ring is 1. The maximum absolute atomic E-state index is 13.2. The number of pyridine rings is 1. The average Bonchev–Trinajstić information content (AvgIpc) is 3.07. The van der Waals surface area contributed by atoms with Crippen molar-refractivity contribution in [1.29, 1.82) is 0 Å². The highest BCUT2D eigenvalue weighted by Crippen LogP contribution is 2.21. The molecule has 0 unspecified atom stereocenters. The number of nitrogens with one attached hydrogen (secondary N) is 1. The molecular weight excluding hydrogens is 369 g/mol. The van der Waals surface area contributed by atoms with Gasteiger partial charge in [0.2, 0.25) is 0 Å². The summed E-state index contributed by atoms with van der Waals surface area (Å²) in [6.45, 7) is 4.54. The molecular formula is C22H20FN5O. The predicted octanol–water partition coefficient (Wildman–Crippen LogP) is 4.07. The summed E-state index contributed by atoms with van der Waals surface area (Å²) < 4.78 is 15.0. The van der Waals surface area contributed by atoms with E-state index in [2.05, 4.69) is 21.5 Å². The lowest BCUT2D eigenvalue weighted by molar-refractivity contribution is 0.102. The molecule has 0 bridgehead atoms. The number of rotatable bonds is 4. The summed E-state index contributed by atoms with van der Waals surface area (Å²) in [4.78, 5) is 17.1. The molecule has 0 aliphatic carbocycles. The smallest absolute Gasteiger partial charge is 0.255 e. The summed E-state index contributed by atoms with van der Waals surface area (Å²) in [5, 5.41) is 8.14. The van der Waals surface area contributed by atoms with Gasteiger partial charge in [0.05, 0.1) is 23.4 Å². The Bertz CT molecular complexity index is 1230. The largest absolute Gasteiger partial charge is 0.397 e. The second-order valence-corrected chi connectivity index (χ2v) is 6.98. The Kier molecular flexibility index (Phi) is 4.72. The second-order valence-electron chi connectivity index (χ2n) is 6.98. The van der Waals surface area contributed by atoms with E-state index in [1.165, 1.54) is 18.2 Å². The topological polar surface area (TPSA) is 85.8 Å². The van der Waals surface area contributed by atoms with E-state index in [1.54, 1.807) is 18.2 Å². The molecule has 29 heavy (non-hydrogen) atoms. The maximum atomic E-state index is 13.2. The summed E-state index contributed by atoms with van der Waals surface area (Å²) in [5.41, 5.74) is 10.6. The standard InChI is InChI=1S/C22H20FN5O/c1-13-3-4-16(14(2)25-13)11-28-12-17-9-15(5-7-20(17)27-28)22(29)26-21-8-6-18(23)10-19(21)24/h3-10,12H,11,24H2,1-2H3,(H,26,29). The van der Waals surface area contributed by atoms with Gasteiger partial charge < -0.3 is 11.1 Å². The summed E-state index contributed by atoms with van der Waals surface area (Å²) in [7, 11) is 0. The van der Waals surface area contributed by atoms with Crippen molar-refractivity contribution >= 4 is 28.2 Å². The van der Waals surface area contributed by atoms with Gasteiger partial charge in [-0.05, 0) is 61.9 Å². The lowest BCUT2D eigenvalue weighted by atomic mass is 10.1. The second kappa shape index (κ2) is 7.35. The van der Waals surface area contributed by atoms with Gasteiger partial charge in [0.25, 0.3) is 5.91 Å². The number of fused-ring (bicyclic) bond motifs is 1. The van der Waals surface area contributed by atoms with Crippen LogP contribution in [0.2, 0.25) is 0 Å². The highest BCUT2D eigenvalue weighted by Gasteiger charge is 2.11. The minimum absolute atomic E-state index is 0.175. The van der Waals surface area contributed by atoms with Crippen LogP contribution < -0.4 is 11.1 Å². The van der Waals surface area contributed by atoms with Crippen LogP contribution in [-0.2, 0) is 6.54 Å². The number of aromatic nitrogens is 3. The number of halogens is 1. The predicted molar refractivity (Wildman–Crippen MR) is 111 cm³/mol. The molecule has 2 aromatic carbocycles. The molecule has 2 aromatic heterocycles. The summed E-state index contributed by atoms with van der Waals surface area (Å²) in [5.74, 6) is -0.773. The first-order valence-corrected chi connectivity index (χ1v) is 9.16. The molecule has 0 radical (unpaired) electrons. The molecule has 7 heteroatoms. The molecule has 0 spiro atoms. The highest BCUT2D eigenvalue weighted by molar-refractivity contribution is 6.07. The average molecular weight is 389 g/mol. The molecule has 0 saturated heterocycles. The number of benzene rings is 2. The number of carbonyl (C=O) groups is 1. The third-order valence-electron chi connectivity index (χ3n) is 4.74. The number of nitrogens with zero attached hydrogens (tertiary/aromatic N) is 3. The fraction of sp³-hybridized carbons (Fsp3) is 0.136. The van der Waals surface area contributed by atoms with E-state index in [-0.39, 0.29) is 11.6 Å². The van der Waals surface area contributed by atoms with Crippen LogP contribution in [0.25, 0.3) is 10.9 Å². The lowest BCUT2D eigenvalue weighted by Crippen LogP contribution is -2.13. The van der Waals surface area contributed by atoms with Gasteiger partial charge in [-0.15, -0.1) is 0 Å². The van der Waals surface area contributed by atoms with Gasteiger partial charge in [0.1, 0.15) is 5.82 Å². The lowest BCUT2D eigenvalue weighted by Gasteiger charge is -2.08. The van der Waals surface area contributed by atoms with Crippen LogP contribution in [-0.4, -0.2) is 20.7 Å². The Morgan fingerprint density at radius 1 is 1.14 bits per heavy atom. The van der Waals surface area contributed by atoms with Crippen molar-refractivity contribution < 1.29 is 9.18 Å². The Balaban J connectivity index is 1.57. The molecule has 6 nitrogen and oxygen atoms in total. The number of hydrogen-bond acceptors (Lipinski definition) is 4. The molecule has 0 aliphatic heterocycles. The van der Waals surface area contributed by atoms with Crippen LogP contribution in [0, 0.1) is 19.7 Å². The van der Waals surface area contributed by atoms with Crippen molar-refractivity contribution in [1.82, 2.24) is 14.8 Å². The van der Waals surface area contributed by atoms with Crippen molar-refractivity contribution in [3.05, 3.63) is 83.1 Å². The highest BCUT2D eigenvalue weighted by atomic mass is 19.1. The minimum Gasteiger partial charge on any atom is -0.397 e. The van der Waals surface area contributed by atoms with E-state index >= 15 is 0 Å². The Labute approximate surface area is 167 Å². The summed E-state index contributed by atoms with van der Waals surface area (Å²) in [6, 6.07) is 13.2. The molecule has 2 heterocycles. The van der Waals surface area contributed by atoms with Gasteiger partial charge >= 0.3 is 0 Å². The van der Waals surface area contributed by atoms with Crippen LogP contribution in [0.3, 0.4) is 0 Å². The van der Waals surface area contributed by atoms with Gasteiger partial charge in [-0.25, -0.2) is 4.39 Å². The van der Waals surface area contributed by atoms with Crippen molar-refractivity contribution in [3.8, 4) is 0 Å². The van der Waals surface area contributed by atoms with Crippen molar-refractivity contribution in [2.75, 3.05) is 11.1 Å². The fourth-order valence-corrected chi connectivity index (χ4v) is 3.20. The summed E-state index contributed by atoms with van der Waals surface area (Å²) >= 11 is 0. The Morgan fingerprint density at radius 2 is 1.97 bits per heavy atom. The van der Waals surface area contributed by atoms with Gasteiger partial charge in [0, 0.05) is 28.5 Å². The van der Waals surface area contributed by atoms with E-state index in [0.717, 1.165) is 27.9 Å². The van der Waals surface area contributed by atoms with Gasteiger partial charge in [-0.2, -0.15) is 5.10 Å². The zero-order chi connectivity index (χ0) is 20.5. The Morgan fingerprint density at radius 3 is 2.72 bits per heavy atom. The number of anilines is 2. The number of carbonyl (C=O) groups excluding carboxylic acids is 1. The quantitative estimate of drug-likeness (QED) is 0.515. The van der Waals surface area contributed by atoms with Crippen molar-refractivity contribution in [3.63, 3.8) is 0 Å².